The first-order valence-electron chi connectivity index (χ1n) is 6.45. The summed E-state index contributed by atoms with van der Waals surface area (Å²) in [6.07, 6.45) is 2.96. The van der Waals surface area contributed by atoms with Gasteiger partial charge in [-0.1, -0.05) is 29.8 Å². The smallest absolute Gasteiger partial charge is 0.274 e. The van der Waals surface area contributed by atoms with E-state index in [2.05, 4.69) is 5.32 Å². The average molecular weight is 317 g/mol. The third-order valence-corrected chi connectivity index (χ3v) is 3.18. The van der Waals surface area contributed by atoms with Crippen molar-refractivity contribution in [3.8, 4) is 0 Å². The van der Waals surface area contributed by atoms with Gasteiger partial charge >= 0.3 is 0 Å². The van der Waals surface area contributed by atoms with E-state index < -0.39 is 4.92 Å². The van der Waals surface area contributed by atoms with E-state index in [-0.39, 0.29) is 11.6 Å². The Morgan fingerprint density at radius 3 is 2.73 bits per heavy atom. The number of halogens is 1. The number of rotatable bonds is 4. The number of hydrogen-bond acceptors (Lipinski definition) is 3. The van der Waals surface area contributed by atoms with E-state index in [0.717, 1.165) is 5.56 Å². The van der Waals surface area contributed by atoms with Crippen LogP contribution in [0.3, 0.4) is 0 Å². The fourth-order valence-electron chi connectivity index (χ4n) is 1.85. The van der Waals surface area contributed by atoms with E-state index in [0.29, 0.717) is 16.3 Å². The summed E-state index contributed by atoms with van der Waals surface area (Å²) in [7, 11) is 0. The highest BCUT2D eigenvalue weighted by molar-refractivity contribution is 6.30. The van der Waals surface area contributed by atoms with Gasteiger partial charge in [0.2, 0.25) is 5.91 Å². The van der Waals surface area contributed by atoms with E-state index in [1.54, 1.807) is 43.3 Å². The van der Waals surface area contributed by atoms with Crippen molar-refractivity contribution in [2.75, 3.05) is 5.32 Å². The molecule has 2 aromatic carbocycles. The molecule has 2 rings (SSSR count). The average Bonchev–Trinajstić information content (AvgIpc) is 2.47. The summed E-state index contributed by atoms with van der Waals surface area (Å²) < 4.78 is 0. The predicted molar refractivity (Wildman–Crippen MR) is 86.9 cm³/mol. The highest BCUT2D eigenvalue weighted by Gasteiger charge is 2.11. The molecule has 0 bridgehead atoms. The number of carbonyl (C=O) groups excluding carboxylic acids is 1. The molecule has 22 heavy (non-hydrogen) atoms. The maximum atomic E-state index is 11.8. The third-order valence-electron chi connectivity index (χ3n) is 2.95. The van der Waals surface area contributed by atoms with Gasteiger partial charge in [0, 0.05) is 28.4 Å². The van der Waals surface area contributed by atoms with Crippen LogP contribution in [0.1, 0.15) is 11.1 Å². The van der Waals surface area contributed by atoms with Crippen LogP contribution < -0.4 is 5.32 Å². The molecule has 0 spiro atoms. The van der Waals surface area contributed by atoms with Crippen LogP contribution >= 0.6 is 11.6 Å². The summed E-state index contributed by atoms with van der Waals surface area (Å²) in [6.45, 7) is 1.64. The first-order valence-corrected chi connectivity index (χ1v) is 6.83. The molecular formula is C16H13ClN2O3. The Balaban J connectivity index is 2.09. The Bertz CT molecular complexity index is 757. The third kappa shape index (κ3) is 4.17. The molecule has 1 amide bonds. The minimum atomic E-state index is -0.479. The maximum absolute atomic E-state index is 11.8. The summed E-state index contributed by atoms with van der Waals surface area (Å²) in [5, 5.41) is 14.0. The van der Waals surface area contributed by atoms with Crippen LogP contribution in [-0.4, -0.2) is 10.8 Å². The number of hydrogen-bond donors (Lipinski definition) is 1. The lowest BCUT2D eigenvalue weighted by Gasteiger charge is -2.03. The van der Waals surface area contributed by atoms with Crippen molar-refractivity contribution >= 4 is 35.0 Å². The second-order valence-electron chi connectivity index (χ2n) is 4.64. The van der Waals surface area contributed by atoms with Crippen LogP contribution in [0.25, 0.3) is 6.08 Å². The Kier molecular flexibility index (Phi) is 4.91. The summed E-state index contributed by atoms with van der Waals surface area (Å²) in [5.41, 5.74) is 1.67. The van der Waals surface area contributed by atoms with E-state index in [4.69, 9.17) is 11.6 Å². The fourth-order valence-corrected chi connectivity index (χ4v) is 2.05. The zero-order valence-electron chi connectivity index (χ0n) is 11.7. The van der Waals surface area contributed by atoms with Crippen molar-refractivity contribution in [3.63, 3.8) is 0 Å². The number of nitrogens with one attached hydrogen (secondary N) is 1. The molecule has 0 fully saturated rings. The number of nitro groups is 1. The number of benzene rings is 2. The molecule has 5 nitrogen and oxygen atoms in total. The quantitative estimate of drug-likeness (QED) is 0.521. The van der Waals surface area contributed by atoms with E-state index in [1.165, 1.54) is 12.1 Å². The van der Waals surface area contributed by atoms with Crippen LogP contribution in [0.5, 0.6) is 0 Å². The molecule has 0 saturated carbocycles. The van der Waals surface area contributed by atoms with Gasteiger partial charge in [0.15, 0.2) is 0 Å². The first-order chi connectivity index (χ1) is 10.5. The lowest BCUT2D eigenvalue weighted by molar-refractivity contribution is -0.385. The molecule has 0 aliphatic rings. The number of nitrogens with zero attached hydrogens (tertiary/aromatic N) is 1. The maximum Gasteiger partial charge on any atom is 0.274 e. The lowest BCUT2D eigenvalue weighted by Crippen LogP contribution is -2.08. The van der Waals surface area contributed by atoms with Gasteiger partial charge in [0.25, 0.3) is 5.69 Å². The molecule has 0 atom stereocenters. The Morgan fingerprint density at radius 1 is 1.27 bits per heavy atom. The van der Waals surface area contributed by atoms with Gasteiger partial charge < -0.3 is 5.32 Å². The van der Waals surface area contributed by atoms with Crippen LogP contribution in [0.15, 0.2) is 48.5 Å². The highest BCUT2D eigenvalue weighted by atomic mass is 35.5. The Labute approximate surface area is 132 Å². The molecule has 2 aromatic rings. The van der Waals surface area contributed by atoms with Gasteiger partial charge in [-0.25, -0.2) is 0 Å². The van der Waals surface area contributed by atoms with Gasteiger partial charge in [-0.3, -0.25) is 14.9 Å². The summed E-state index contributed by atoms with van der Waals surface area (Å²) in [4.78, 5) is 22.2. The monoisotopic (exact) mass is 316 g/mol. The number of amides is 1. The number of aryl methyl sites for hydroxylation is 1. The molecule has 0 aromatic heterocycles. The van der Waals surface area contributed by atoms with Crippen molar-refractivity contribution in [2.45, 2.75) is 6.92 Å². The highest BCUT2D eigenvalue weighted by Crippen LogP contribution is 2.22. The molecular weight excluding hydrogens is 304 g/mol. The topological polar surface area (TPSA) is 72.2 Å². The molecule has 0 saturated heterocycles. The van der Waals surface area contributed by atoms with Gasteiger partial charge in [-0.15, -0.1) is 0 Å². The molecule has 1 N–H and O–H groups in total. The number of carbonyl (C=O) groups is 1. The SMILES string of the molecule is Cc1ccc(NC(=O)/C=C/c2cccc(Cl)c2)cc1[N+](=O)[O-]. The van der Waals surface area contributed by atoms with Gasteiger partial charge in [0.05, 0.1) is 4.92 Å². The summed E-state index contributed by atoms with van der Waals surface area (Å²) in [6, 6.07) is 11.6. The molecule has 0 unspecified atom stereocenters. The normalized spacial score (nSPS) is 10.6. The van der Waals surface area contributed by atoms with E-state index in [9.17, 15) is 14.9 Å². The Morgan fingerprint density at radius 2 is 2.05 bits per heavy atom. The lowest BCUT2D eigenvalue weighted by atomic mass is 10.2. The number of nitro benzene ring substituents is 1. The predicted octanol–water partition coefficient (Wildman–Crippen LogP) is 4.21. The zero-order valence-corrected chi connectivity index (χ0v) is 12.5. The van der Waals surface area contributed by atoms with Crippen LogP contribution in [-0.2, 0) is 4.79 Å². The number of anilines is 1. The van der Waals surface area contributed by atoms with Gasteiger partial charge in [-0.05, 0) is 36.8 Å². The second-order valence-corrected chi connectivity index (χ2v) is 5.07. The van der Waals surface area contributed by atoms with E-state index in [1.807, 2.05) is 6.07 Å². The van der Waals surface area contributed by atoms with Gasteiger partial charge in [-0.2, -0.15) is 0 Å². The van der Waals surface area contributed by atoms with Crippen LogP contribution in [0.2, 0.25) is 5.02 Å². The minimum absolute atomic E-state index is 0.0309. The van der Waals surface area contributed by atoms with Crippen LogP contribution in [0, 0.1) is 17.0 Å². The molecule has 0 aliphatic carbocycles. The standard InChI is InChI=1S/C16H13ClN2O3/c1-11-5-7-14(10-15(11)19(21)22)18-16(20)8-6-12-3-2-4-13(17)9-12/h2-10H,1H3,(H,18,20)/b8-6+. The summed E-state index contributed by atoms with van der Waals surface area (Å²) >= 11 is 5.85. The molecule has 112 valence electrons. The zero-order chi connectivity index (χ0) is 16.1. The second kappa shape index (κ2) is 6.87. The largest absolute Gasteiger partial charge is 0.322 e. The first kappa shape index (κ1) is 15.7. The minimum Gasteiger partial charge on any atom is -0.322 e. The molecule has 0 aliphatic heterocycles. The van der Waals surface area contributed by atoms with Crippen molar-refractivity contribution in [3.05, 3.63) is 74.8 Å². The van der Waals surface area contributed by atoms with Crippen molar-refractivity contribution in [2.24, 2.45) is 0 Å². The molecule has 0 heterocycles. The molecule has 0 radical (unpaired) electrons. The van der Waals surface area contributed by atoms with E-state index >= 15 is 0 Å². The van der Waals surface area contributed by atoms with Crippen molar-refractivity contribution < 1.29 is 9.72 Å². The summed E-state index contributed by atoms with van der Waals surface area (Å²) in [5.74, 6) is -0.377. The Hall–Kier alpha value is -2.66. The molecule has 6 heteroatoms. The van der Waals surface area contributed by atoms with Crippen molar-refractivity contribution in [1.29, 1.82) is 0 Å². The van der Waals surface area contributed by atoms with Crippen molar-refractivity contribution in [1.82, 2.24) is 0 Å². The van der Waals surface area contributed by atoms with Crippen LogP contribution in [0.4, 0.5) is 11.4 Å². The fraction of sp³-hybridized carbons (Fsp3) is 0.0625. The van der Waals surface area contributed by atoms with Gasteiger partial charge in [0.1, 0.15) is 0 Å².